The van der Waals surface area contributed by atoms with Gasteiger partial charge in [-0.05, 0) is 74.2 Å². The van der Waals surface area contributed by atoms with Gasteiger partial charge in [-0.15, -0.1) is 0 Å². The molecule has 4 aliphatic carbocycles. The third kappa shape index (κ3) is 2.31. The van der Waals surface area contributed by atoms with Gasteiger partial charge in [-0.1, -0.05) is 19.4 Å². The van der Waals surface area contributed by atoms with Gasteiger partial charge >= 0.3 is 12.1 Å². The zero-order chi connectivity index (χ0) is 20.8. The second-order valence-electron chi connectivity index (χ2n) is 9.90. The highest BCUT2D eigenvalue weighted by Gasteiger charge is 2.79. The Morgan fingerprint density at radius 3 is 2.25 bits per heavy atom. The average Bonchev–Trinajstić information content (AvgIpc) is 2.87. The molecule has 1 N–H and O–H groups in total. The third-order valence-electron chi connectivity index (χ3n) is 8.99. The van der Waals surface area contributed by atoms with Crippen molar-refractivity contribution in [3.8, 4) is 0 Å². The van der Waals surface area contributed by atoms with Crippen molar-refractivity contribution in [2.75, 3.05) is 0 Å². The lowest BCUT2D eigenvalue weighted by Gasteiger charge is -2.59. The highest BCUT2D eigenvalue weighted by atomic mass is 19.4. The van der Waals surface area contributed by atoms with Gasteiger partial charge in [-0.25, -0.2) is 0 Å². The number of hydrogen-bond acceptors (Lipinski definition) is 2. The summed E-state index contributed by atoms with van der Waals surface area (Å²) in [7, 11) is 0. The summed E-state index contributed by atoms with van der Waals surface area (Å²) in [6, 6.07) is 0. The lowest BCUT2D eigenvalue weighted by Crippen LogP contribution is -2.65. The van der Waals surface area contributed by atoms with Crippen LogP contribution in [0.25, 0.3) is 0 Å². The van der Waals surface area contributed by atoms with Crippen LogP contribution in [0.1, 0.15) is 65.2 Å². The van der Waals surface area contributed by atoms with Gasteiger partial charge in [-0.2, -0.15) is 22.0 Å². The van der Waals surface area contributed by atoms with E-state index in [4.69, 9.17) is 0 Å². The number of carbonyl (C=O) groups is 1. The molecule has 3 unspecified atom stereocenters. The largest absolute Gasteiger partial charge is 0.456 e. The van der Waals surface area contributed by atoms with Crippen molar-refractivity contribution in [1.29, 1.82) is 0 Å². The van der Waals surface area contributed by atoms with E-state index in [9.17, 15) is 31.9 Å². The van der Waals surface area contributed by atoms with E-state index >= 15 is 0 Å². The first kappa shape index (κ1) is 20.3. The molecule has 6 atom stereocenters. The predicted molar refractivity (Wildman–Crippen MR) is 92.7 cm³/mol. The van der Waals surface area contributed by atoms with Crippen molar-refractivity contribution in [3.05, 3.63) is 11.6 Å². The molecule has 0 bridgehead atoms. The molecular weight excluding hydrogens is 379 g/mol. The van der Waals surface area contributed by atoms with E-state index < -0.39 is 29.5 Å². The Morgan fingerprint density at radius 2 is 1.61 bits per heavy atom. The molecule has 0 aliphatic heterocycles. The van der Waals surface area contributed by atoms with Gasteiger partial charge in [0.15, 0.2) is 5.78 Å². The molecule has 0 radical (unpaired) electrons. The second kappa shape index (κ2) is 5.79. The number of rotatable bonds is 1. The Hall–Kier alpha value is -0.980. The van der Waals surface area contributed by atoms with Crippen LogP contribution in [0.3, 0.4) is 0 Å². The number of alkyl halides is 5. The fourth-order valence-electron chi connectivity index (χ4n) is 7.33. The molecule has 4 aliphatic rings. The van der Waals surface area contributed by atoms with E-state index in [0.29, 0.717) is 32.1 Å². The molecule has 3 fully saturated rings. The molecule has 0 saturated heterocycles. The summed E-state index contributed by atoms with van der Waals surface area (Å²) < 4.78 is 68.3. The van der Waals surface area contributed by atoms with E-state index in [1.807, 2.05) is 0 Å². The Morgan fingerprint density at radius 1 is 0.964 bits per heavy atom. The fourth-order valence-corrected chi connectivity index (χ4v) is 7.33. The monoisotopic (exact) mass is 406 g/mol. The summed E-state index contributed by atoms with van der Waals surface area (Å²) in [5.41, 5.74) is -3.60. The number of halogens is 5. The van der Waals surface area contributed by atoms with E-state index in [-0.39, 0.29) is 41.8 Å². The summed E-state index contributed by atoms with van der Waals surface area (Å²) in [6.45, 7) is 3.56. The number of allylic oxidation sites excluding steroid dienone is 1. The molecular formula is C21H27F5O2. The molecule has 28 heavy (non-hydrogen) atoms. The summed E-state index contributed by atoms with van der Waals surface area (Å²) in [5.74, 6) is -5.20. The lowest BCUT2D eigenvalue weighted by molar-refractivity contribution is -0.363. The molecule has 3 saturated carbocycles. The molecule has 158 valence electrons. The normalized spacial score (nSPS) is 46.5. The van der Waals surface area contributed by atoms with Gasteiger partial charge in [0.1, 0.15) is 5.60 Å². The summed E-state index contributed by atoms with van der Waals surface area (Å²) >= 11 is 0. The number of carbonyl (C=O) groups excluding carboxylic acids is 1. The number of aliphatic hydroxyl groups is 1. The predicted octanol–water partition coefficient (Wildman–Crippen LogP) is 5.45. The van der Waals surface area contributed by atoms with Gasteiger partial charge in [0, 0.05) is 11.8 Å². The van der Waals surface area contributed by atoms with Crippen LogP contribution >= 0.6 is 0 Å². The van der Waals surface area contributed by atoms with E-state index in [1.165, 1.54) is 6.92 Å². The minimum absolute atomic E-state index is 0.00663. The van der Waals surface area contributed by atoms with E-state index in [1.54, 1.807) is 6.08 Å². The lowest BCUT2D eigenvalue weighted by atomic mass is 9.46. The van der Waals surface area contributed by atoms with Crippen molar-refractivity contribution in [3.63, 3.8) is 0 Å². The minimum Gasteiger partial charge on any atom is -0.383 e. The SMILES string of the molecule is C[C@]12CCC(=O)C=C1CCC1C2CC[C@@]2(C)C1CC[C@@]2(O)C(F)(F)C(F)(F)F. The Labute approximate surface area is 161 Å². The van der Waals surface area contributed by atoms with Crippen LogP contribution in [0.15, 0.2) is 11.6 Å². The molecule has 0 aromatic heterocycles. The van der Waals surface area contributed by atoms with E-state index in [2.05, 4.69) is 6.92 Å². The Balaban J connectivity index is 1.70. The minimum atomic E-state index is -5.77. The van der Waals surface area contributed by atoms with Crippen LogP contribution in [-0.2, 0) is 4.79 Å². The maximum atomic E-state index is 14.4. The molecule has 0 aromatic rings. The Bertz CT molecular complexity index is 729. The number of hydrogen-bond donors (Lipinski definition) is 1. The van der Waals surface area contributed by atoms with Gasteiger partial charge in [0.05, 0.1) is 0 Å². The number of fused-ring (bicyclic) bond motifs is 5. The number of ketones is 1. The first-order chi connectivity index (χ1) is 12.8. The maximum Gasteiger partial charge on any atom is 0.456 e. The fraction of sp³-hybridized carbons (Fsp3) is 0.857. The van der Waals surface area contributed by atoms with Crippen LogP contribution in [0.2, 0.25) is 0 Å². The first-order valence-corrected chi connectivity index (χ1v) is 10.2. The quantitative estimate of drug-likeness (QED) is 0.588. The highest BCUT2D eigenvalue weighted by Crippen LogP contribution is 2.70. The van der Waals surface area contributed by atoms with Crippen LogP contribution in [0.4, 0.5) is 22.0 Å². The second-order valence-corrected chi connectivity index (χ2v) is 9.90. The standard InChI is InChI=1S/C21H27F5O2/c1-17-8-5-13(27)11-12(17)3-4-14-15(17)6-9-18(2)16(14)7-10-19(18,28)20(22,23)21(24,25)26/h11,14-16,28H,3-10H2,1-2H3/t14?,15?,16?,17-,18-,19-/m0/s1. The van der Waals surface area contributed by atoms with Crippen molar-refractivity contribution in [1.82, 2.24) is 0 Å². The smallest absolute Gasteiger partial charge is 0.383 e. The average molecular weight is 406 g/mol. The van der Waals surface area contributed by atoms with Crippen LogP contribution in [0, 0.1) is 28.6 Å². The molecule has 0 aromatic carbocycles. The molecule has 4 rings (SSSR count). The zero-order valence-electron chi connectivity index (χ0n) is 16.2. The summed E-state index contributed by atoms with van der Waals surface area (Å²) in [5, 5.41) is 10.8. The van der Waals surface area contributed by atoms with Crippen LogP contribution < -0.4 is 0 Å². The van der Waals surface area contributed by atoms with E-state index in [0.717, 1.165) is 5.57 Å². The third-order valence-corrected chi connectivity index (χ3v) is 8.99. The molecule has 7 heteroatoms. The molecule has 2 nitrogen and oxygen atoms in total. The van der Waals surface area contributed by atoms with Gasteiger partial charge in [0.2, 0.25) is 0 Å². The molecule has 0 amide bonds. The maximum absolute atomic E-state index is 14.4. The van der Waals surface area contributed by atoms with Crippen LogP contribution in [0.5, 0.6) is 0 Å². The zero-order valence-corrected chi connectivity index (χ0v) is 16.2. The first-order valence-electron chi connectivity index (χ1n) is 10.2. The molecule has 0 spiro atoms. The summed E-state index contributed by atoms with van der Waals surface area (Å²) in [6.07, 6.45) is -1.17. The van der Waals surface area contributed by atoms with Crippen molar-refractivity contribution < 1.29 is 31.9 Å². The van der Waals surface area contributed by atoms with Gasteiger partial charge < -0.3 is 5.11 Å². The highest BCUT2D eigenvalue weighted by molar-refractivity contribution is 5.91. The van der Waals surface area contributed by atoms with Crippen molar-refractivity contribution in [2.24, 2.45) is 28.6 Å². The Kier molecular flexibility index (Phi) is 4.20. The summed E-state index contributed by atoms with van der Waals surface area (Å²) in [4.78, 5) is 11.8. The molecule has 0 heterocycles. The van der Waals surface area contributed by atoms with Gasteiger partial charge in [0.25, 0.3) is 0 Å². The van der Waals surface area contributed by atoms with Gasteiger partial charge in [-0.3, -0.25) is 4.79 Å². The van der Waals surface area contributed by atoms with Crippen molar-refractivity contribution in [2.45, 2.75) is 82.9 Å². The van der Waals surface area contributed by atoms with Crippen LogP contribution in [-0.4, -0.2) is 28.6 Å². The topological polar surface area (TPSA) is 37.3 Å². The van der Waals surface area contributed by atoms with Crippen molar-refractivity contribution >= 4 is 5.78 Å².